The van der Waals surface area contributed by atoms with Crippen molar-refractivity contribution >= 4 is 0 Å². The highest BCUT2D eigenvalue weighted by Crippen LogP contribution is 2.38. The second kappa shape index (κ2) is 5.86. The minimum absolute atomic E-state index is 0.0979. The molecule has 2 nitrogen and oxygen atoms in total. The topological polar surface area (TPSA) is 23.2 Å². The molecule has 0 saturated carbocycles. The predicted octanol–water partition coefficient (Wildman–Crippen LogP) is 2.80. The number of hydrogen-bond donors (Lipinski definition) is 1. The van der Waals surface area contributed by atoms with E-state index < -0.39 is 0 Å². The Hall–Kier alpha value is -0.0800. The van der Waals surface area contributed by atoms with Crippen LogP contribution in [-0.2, 0) is 0 Å². The molecule has 1 heterocycles. The first-order chi connectivity index (χ1) is 7.13. The molecule has 0 spiro atoms. The van der Waals surface area contributed by atoms with E-state index in [0.717, 1.165) is 12.8 Å². The molecule has 1 aliphatic heterocycles. The Morgan fingerprint density at radius 3 is 2.33 bits per heavy atom. The lowest BCUT2D eigenvalue weighted by Crippen LogP contribution is -2.22. The van der Waals surface area contributed by atoms with Gasteiger partial charge in [0.05, 0.1) is 12.1 Å². The summed E-state index contributed by atoms with van der Waals surface area (Å²) < 4.78 is 0. The molecular weight excluding hydrogens is 186 g/mol. The van der Waals surface area contributed by atoms with E-state index in [1.807, 2.05) is 0 Å². The number of nitrogens with zero attached hydrogens (tertiary/aromatic N) is 1. The maximum atomic E-state index is 10.0. The van der Waals surface area contributed by atoms with Crippen LogP contribution in [0.3, 0.4) is 0 Å². The minimum atomic E-state index is -0.0979. The van der Waals surface area contributed by atoms with Crippen LogP contribution in [0.2, 0.25) is 0 Å². The van der Waals surface area contributed by atoms with Crippen LogP contribution in [-0.4, -0.2) is 34.2 Å². The molecule has 0 aromatic heterocycles. The van der Waals surface area contributed by atoms with Gasteiger partial charge in [-0.1, -0.05) is 33.1 Å². The van der Waals surface area contributed by atoms with E-state index in [1.165, 1.54) is 19.3 Å². The van der Waals surface area contributed by atoms with Crippen molar-refractivity contribution < 1.29 is 5.11 Å². The van der Waals surface area contributed by atoms with Gasteiger partial charge >= 0.3 is 0 Å². The third-order valence-electron chi connectivity index (χ3n) is 3.46. The Bertz CT molecular complexity index is 181. The van der Waals surface area contributed by atoms with Crippen molar-refractivity contribution in [1.82, 2.24) is 4.90 Å². The molecule has 0 amide bonds. The second-order valence-corrected chi connectivity index (χ2v) is 5.10. The zero-order valence-corrected chi connectivity index (χ0v) is 10.7. The third kappa shape index (κ3) is 3.18. The van der Waals surface area contributed by atoms with Gasteiger partial charge in [0, 0.05) is 12.1 Å². The van der Waals surface area contributed by atoms with Crippen LogP contribution in [0.4, 0.5) is 0 Å². The standard InChI is InChI=1S/C13H27NO/c1-5-7-9-11-13(12(15)8-6-2)14(11)10(3)4/h10-13,15H,5-9H2,1-4H3/t11-,12+,13-,14?/m0/s1. The van der Waals surface area contributed by atoms with Crippen molar-refractivity contribution in [2.45, 2.75) is 84.0 Å². The molecule has 2 heteroatoms. The Balaban J connectivity index is 2.41. The highest BCUT2D eigenvalue weighted by molar-refractivity contribution is 5.07. The molecule has 0 aromatic rings. The zero-order chi connectivity index (χ0) is 11.4. The van der Waals surface area contributed by atoms with Gasteiger partial charge in [0.1, 0.15) is 0 Å². The summed E-state index contributed by atoms with van der Waals surface area (Å²) >= 11 is 0. The van der Waals surface area contributed by atoms with Crippen LogP contribution in [0.5, 0.6) is 0 Å². The van der Waals surface area contributed by atoms with Gasteiger partial charge in [-0.15, -0.1) is 0 Å². The summed E-state index contributed by atoms with van der Waals surface area (Å²) in [6.45, 7) is 8.85. The molecule has 0 aromatic carbocycles. The molecule has 0 aliphatic carbocycles. The molecule has 4 atom stereocenters. The lowest BCUT2D eigenvalue weighted by Gasteiger charge is -2.11. The summed E-state index contributed by atoms with van der Waals surface area (Å²) in [4.78, 5) is 2.48. The van der Waals surface area contributed by atoms with Crippen molar-refractivity contribution in [2.75, 3.05) is 0 Å². The molecule has 0 bridgehead atoms. The smallest absolute Gasteiger partial charge is 0.0710 e. The van der Waals surface area contributed by atoms with Crippen LogP contribution in [0.1, 0.15) is 59.8 Å². The molecule has 1 unspecified atom stereocenters. The molecule has 15 heavy (non-hydrogen) atoms. The van der Waals surface area contributed by atoms with E-state index in [4.69, 9.17) is 0 Å². The van der Waals surface area contributed by atoms with Gasteiger partial charge in [0.2, 0.25) is 0 Å². The lowest BCUT2D eigenvalue weighted by molar-refractivity contribution is 0.140. The van der Waals surface area contributed by atoms with Crippen LogP contribution < -0.4 is 0 Å². The molecule has 0 radical (unpaired) electrons. The Morgan fingerprint density at radius 1 is 1.20 bits per heavy atom. The maximum absolute atomic E-state index is 10.0. The van der Waals surface area contributed by atoms with E-state index in [1.54, 1.807) is 0 Å². The van der Waals surface area contributed by atoms with E-state index in [-0.39, 0.29) is 6.10 Å². The van der Waals surface area contributed by atoms with Gasteiger partial charge < -0.3 is 5.11 Å². The average molecular weight is 213 g/mol. The van der Waals surface area contributed by atoms with E-state index >= 15 is 0 Å². The number of aliphatic hydroxyl groups is 1. The molecule has 90 valence electrons. The van der Waals surface area contributed by atoms with Gasteiger partial charge in [0.25, 0.3) is 0 Å². The van der Waals surface area contributed by atoms with Crippen LogP contribution in [0, 0.1) is 0 Å². The number of rotatable bonds is 7. The fourth-order valence-corrected chi connectivity index (χ4v) is 2.70. The largest absolute Gasteiger partial charge is 0.391 e. The third-order valence-corrected chi connectivity index (χ3v) is 3.46. The summed E-state index contributed by atoms with van der Waals surface area (Å²) in [6, 6.07) is 1.70. The van der Waals surface area contributed by atoms with Crippen molar-refractivity contribution in [2.24, 2.45) is 0 Å². The van der Waals surface area contributed by atoms with Crippen LogP contribution >= 0.6 is 0 Å². The van der Waals surface area contributed by atoms with Gasteiger partial charge in [-0.25, -0.2) is 0 Å². The minimum Gasteiger partial charge on any atom is -0.391 e. The lowest BCUT2D eigenvalue weighted by atomic mass is 10.1. The van der Waals surface area contributed by atoms with Crippen molar-refractivity contribution in [3.8, 4) is 0 Å². The van der Waals surface area contributed by atoms with Crippen LogP contribution in [0.15, 0.2) is 0 Å². The van der Waals surface area contributed by atoms with Crippen molar-refractivity contribution in [3.05, 3.63) is 0 Å². The average Bonchev–Trinajstić information content (AvgIpc) is 2.89. The van der Waals surface area contributed by atoms with Gasteiger partial charge in [0.15, 0.2) is 0 Å². The predicted molar refractivity (Wildman–Crippen MR) is 65.0 cm³/mol. The fraction of sp³-hybridized carbons (Fsp3) is 1.00. The Kier molecular flexibility index (Phi) is 5.07. The summed E-state index contributed by atoms with van der Waals surface area (Å²) in [5.74, 6) is 0. The normalized spacial score (nSPS) is 32.0. The first kappa shape index (κ1) is 13.0. The summed E-state index contributed by atoms with van der Waals surface area (Å²) in [7, 11) is 0. The summed E-state index contributed by atoms with van der Waals surface area (Å²) in [5.41, 5.74) is 0. The van der Waals surface area contributed by atoms with Gasteiger partial charge in [-0.05, 0) is 26.7 Å². The number of hydrogen-bond acceptors (Lipinski definition) is 2. The van der Waals surface area contributed by atoms with Gasteiger partial charge in [-0.2, -0.15) is 0 Å². The fourth-order valence-electron chi connectivity index (χ4n) is 2.70. The first-order valence-electron chi connectivity index (χ1n) is 6.58. The monoisotopic (exact) mass is 213 g/mol. The van der Waals surface area contributed by atoms with E-state index in [0.29, 0.717) is 18.1 Å². The maximum Gasteiger partial charge on any atom is 0.0710 e. The highest BCUT2D eigenvalue weighted by atomic mass is 16.3. The Labute approximate surface area is 94.7 Å². The van der Waals surface area contributed by atoms with Crippen LogP contribution in [0.25, 0.3) is 0 Å². The molecule has 1 N–H and O–H groups in total. The van der Waals surface area contributed by atoms with Gasteiger partial charge in [-0.3, -0.25) is 4.90 Å². The molecule has 1 saturated heterocycles. The zero-order valence-electron chi connectivity index (χ0n) is 10.7. The van der Waals surface area contributed by atoms with Crippen molar-refractivity contribution in [3.63, 3.8) is 0 Å². The SMILES string of the molecule is CCCC[C@H]1[C@@H]([C@H](O)CCC)N1C(C)C. The molecule has 1 aliphatic rings. The quantitative estimate of drug-likeness (QED) is 0.657. The number of unbranched alkanes of at least 4 members (excludes halogenated alkanes) is 1. The Morgan fingerprint density at radius 2 is 1.87 bits per heavy atom. The summed E-state index contributed by atoms with van der Waals surface area (Å²) in [5, 5.41) is 10.0. The molecule has 1 fully saturated rings. The van der Waals surface area contributed by atoms with E-state index in [2.05, 4.69) is 32.6 Å². The van der Waals surface area contributed by atoms with E-state index in [9.17, 15) is 5.11 Å². The number of aliphatic hydroxyl groups excluding tert-OH is 1. The molecular formula is C13H27NO. The summed E-state index contributed by atoms with van der Waals surface area (Å²) in [6.07, 6.45) is 5.77. The highest BCUT2D eigenvalue weighted by Gasteiger charge is 2.51. The molecule has 1 rings (SSSR count). The first-order valence-corrected chi connectivity index (χ1v) is 6.58. The van der Waals surface area contributed by atoms with Crippen molar-refractivity contribution in [1.29, 1.82) is 0 Å². The second-order valence-electron chi connectivity index (χ2n) is 5.10.